The number of rotatable bonds is 6. The van der Waals surface area contributed by atoms with Gasteiger partial charge in [0.2, 0.25) is 0 Å². The summed E-state index contributed by atoms with van der Waals surface area (Å²) < 4.78 is 0. The lowest BCUT2D eigenvalue weighted by molar-refractivity contribution is -0.385. The molecule has 0 saturated heterocycles. The van der Waals surface area contributed by atoms with E-state index in [2.05, 4.69) is 4.98 Å². The lowest BCUT2D eigenvalue weighted by Gasteiger charge is -2.22. The molecule has 0 atom stereocenters. The Morgan fingerprint density at radius 2 is 2.30 bits per heavy atom. The van der Waals surface area contributed by atoms with E-state index in [-0.39, 0.29) is 28.4 Å². The molecule has 0 spiro atoms. The Morgan fingerprint density at radius 3 is 2.85 bits per heavy atom. The Balaban J connectivity index is 2.30. The van der Waals surface area contributed by atoms with Gasteiger partial charge in [-0.1, -0.05) is 24.9 Å². The molecular formula is C13H16ClN3O3. The monoisotopic (exact) mass is 297 g/mol. The van der Waals surface area contributed by atoms with Crippen molar-refractivity contribution in [3.8, 4) is 0 Å². The van der Waals surface area contributed by atoms with Crippen LogP contribution in [-0.2, 0) is 0 Å². The van der Waals surface area contributed by atoms with Crippen LogP contribution >= 0.6 is 11.6 Å². The molecule has 1 aliphatic carbocycles. The second kappa shape index (κ2) is 6.17. The molecule has 0 unspecified atom stereocenters. The summed E-state index contributed by atoms with van der Waals surface area (Å²) in [6, 6.07) is 1.49. The first kappa shape index (κ1) is 14.7. The normalized spacial score (nSPS) is 14.1. The number of halogens is 1. The van der Waals surface area contributed by atoms with Crippen molar-refractivity contribution in [2.75, 3.05) is 6.54 Å². The van der Waals surface area contributed by atoms with Crippen molar-refractivity contribution in [3.63, 3.8) is 0 Å². The maximum absolute atomic E-state index is 12.5. The molecule has 1 fully saturated rings. The SMILES string of the molecule is CCCCN(C(=O)c1cc(Cl)ncc1[N+](=O)[O-])C1CC1. The molecule has 1 amide bonds. The van der Waals surface area contributed by atoms with Crippen LogP contribution in [-0.4, -0.2) is 33.3 Å². The average molecular weight is 298 g/mol. The Labute approximate surface area is 121 Å². The van der Waals surface area contributed by atoms with Crippen LogP contribution in [0.1, 0.15) is 43.0 Å². The van der Waals surface area contributed by atoms with Crippen molar-refractivity contribution >= 4 is 23.2 Å². The predicted molar refractivity (Wildman–Crippen MR) is 74.9 cm³/mol. The van der Waals surface area contributed by atoms with E-state index in [1.54, 1.807) is 4.90 Å². The van der Waals surface area contributed by atoms with Crippen LogP contribution in [0.15, 0.2) is 12.3 Å². The number of unbranched alkanes of at least 4 members (excludes halogenated alkanes) is 1. The average Bonchev–Trinajstić information content (AvgIpc) is 3.23. The van der Waals surface area contributed by atoms with Gasteiger partial charge in [-0.05, 0) is 25.3 Å². The van der Waals surface area contributed by atoms with Crippen molar-refractivity contribution in [1.82, 2.24) is 9.88 Å². The van der Waals surface area contributed by atoms with Gasteiger partial charge in [-0.15, -0.1) is 0 Å². The van der Waals surface area contributed by atoms with E-state index in [1.807, 2.05) is 6.92 Å². The minimum atomic E-state index is -0.596. The summed E-state index contributed by atoms with van der Waals surface area (Å²) in [4.78, 5) is 28.4. The molecule has 0 aliphatic heterocycles. The van der Waals surface area contributed by atoms with Gasteiger partial charge in [0, 0.05) is 12.6 Å². The zero-order valence-corrected chi connectivity index (χ0v) is 12.0. The number of carbonyl (C=O) groups excluding carboxylic acids is 1. The lowest BCUT2D eigenvalue weighted by atomic mass is 10.2. The molecule has 0 N–H and O–H groups in total. The fourth-order valence-corrected chi connectivity index (χ4v) is 2.22. The Hall–Kier alpha value is -1.69. The van der Waals surface area contributed by atoms with Gasteiger partial charge >= 0.3 is 0 Å². The highest BCUT2D eigenvalue weighted by Crippen LogP contribution is 2.31. The third-order valence-corrected chi connectivity index (χ3v) is 3.48. The second-order valence-electron chi connectivity index (χ2n) is 4.86. The van der Waals surface area contributed by atoms with Gasteiger partial charge in [0.15, 0.2) is 0 Å². The third-order valence-electron chi connectivity index (χ3n) is 3.28. The van der Waals surface area contributed by atoms with Crippen molar-refractivity contribution < 1.29 is 9.72 Å². The van der Waals surface area contributed by atoms with Gasteiger partial charge in [-0.2, -0.15) is 0 Å². The fourth-order valence-electron chi connectivity index (χ4n) is 2.06. The molecule has 7 heteroatoms. The van der Waals surface area contributed by atoms with E-state index in [9.17, 15) is 14.9 Å². The van der Waals surface area contributed by atoms with Gasteiger partial charge in [0.1, 0.15) is 16.9 Å². The quantitative estimate of drug-likeness (QED) is 0.459. The number of hydrogen-bond acceptors (Lipinski definition) is 4. The molecule has 2 rings (SSSR count). The van der Waals surface area contributed by atoms with Gasteiger partial charge in [-0.3, -0.25) is 14.9 Å². The summed E-state index contributed by atoms with van der Waals surface area (Å²) in [5.74, 6) is -0.322. The second-order valence-corrected chi connectivity index (χ2v) is 5.25. The molecule has 1 saturated carbocycles. The molecule has 1 heterocycles. The summed E-state index contributed by atoms with van der Waals surface area (Å²) in [5.41, 5.74) is -0.264. The summed E-state index contributed by atoms with van der Waals surface area (Å²) in [5, 5.41) is 11.1. The molecule has 0 bridgehead atoms. The number of aromatic nitrogens is 1. The van der Waals surface area contributed by atoms with E-state index in [4.69, 9.17) is 11.6 Å². The molecule has 1 aromatic heterocycles. The Morgan fingerprint density at radius 1 is 1.60 bits per heavy atom. The van der Waals surface area contributed by atoms with Gasteiger partial charge < -0.3 is 4.90 Å². The highest BCUT2D eigenvalue weighted by Gasteiger charge is 2.35. The van der Waals surface area contributed by atoms with E-state index in [0.717, 1.165) is 31.9 Å². The number of nitrogens with zero attached hydrogens (tertiary/aromatic N) is 3. The highest BCUT2D eigenvalue weighted by molar-refractivity contribution is 6.29. The molecule has 0 radical (unpaired) electrons. The minimum Gasteiger partial charge on any atom is -0.335 e. The molecule has 1 aliphatic rings. The Kier molecular flexibility index (Phi) is 4.54. The van der Waals surface area contributed by atoms with Gasteiger partial charge in [-0.25, -0.2) is 4.98 Å². The van der Waals surface area contributed by atoms with Crippen LogP contribution in [0.4, 0.5) is 5.69 Å². The van der Waals surface area contributed by atoms with Gasteiger partial charge in [0.25, 0.3) is 11.6 Å². The Bertz CT molecular complexity index is 532. The fraction of sp³-hybridized carbons (Fsp3) is 0.538. The molecule has 6 nitrogen and oxygen atoms in total. The zero-order valence-electron chi connectivity index (χ0n) is 11.2. The molecule has 1 aromatic rings. The number of pyridine rings is 1. The first-order chi connectivity index (χ1) is 9.54. The topological polar surface area (TPSA) is 76.3 Å². The van der Waals surface area contributed by atoms with Crippen LogP contribution in [0.25, 0.3) is 0 Å². The van der Waals surface area contributed by atoms with Crippen LogP contribution < -0.4 is 0 Å². The summed E-state index contributed by atoms with van der Waals surface area (Å²) in [7, 11) is 0. The van der Waals surface area contributed by atoms with Crippen molar-refractivity contribution in [2.24, 2.45) is 0 Å². The highest BCUT2D eigenvalue weighted by atomic mass is 35.5. The van der Waals surface area contributed by atoms with Crippen LogP contribution in [0, 0.1) is 10.1 Å². The van der Waals surface area contributed by atoms with Crippen molar-refractivity contribution in [1.29, 1.82) is 0 Å². The maximum Gasteiger partial charge on any atom is 0.300 e. The zero-order chi connectivity index (χ0) is 14.7. The molecule has 20 heavy (non-hydrogen) atoms. The summed E-state index contributed by atoms with van der Waals surface area (Å²) >= 11 is 5.77. The number of nitro groups is 1. The summed E-state index contributed by atoms with van der Waals surface area (Å²) in [6.45, 7) is 2.67. The number of hydrogen-bond donors (Lipinski definition) is 0. The summed E-state index contributed by atoms with van der Waals surface area (Å²) in [6.07, 6.45) is 4.81. The first-order valence-electron chi connectivity index (χ1n) is 6.65. The standard InChI is InChI=1S/C13H16ClN3O3/c1-2-3-6-16(9-4-5-9)13(18)10-7-12(14)15-8-11(10)17(19)20/h7-9H,2-6H2,1H3. The molecular weight excluding hydrogens is 282 g/mol. The van der Waals surface area contributed by atoms with Crippen LogP contribution in [0.3, 0.4) is 0 Å². The largest absolute Gasteiger partial charge is 0.335 e. The lowest BCUT2D eigenvalue weighted by Crippen LogP contribution is -2.34. The smallest absolute Gasteiger partial charge is 0.300 e. The van der Waals surface area contributed by atoms with E-state index in [1.165, 1.54) is 6.07 Å². The number of carbonyl (C=O) groups is 1. The number of amides is 1. The minimum absolute atomic E-state index is 0.0259. The van der Waals surface area contributed by atoms with Gasteiger partial charge in [0.05, 0.1) is 4.92 Å². The van der Waals surface area contributed by atoms with E-state index in [0.29, 0.717) is 6.54 Å². The van der Waals surface area contributed by atoms with Crippen molar-refractivity contribution in [3.05, 3.63) is 33.1 Å². The third kappa shape index (κ3) is 3.25. The molecule has 108 valence electrons. The van der Waals surface area contributed by atoms with Crippen LogP contribution in [0.5, 0.6) is 0 Å². The first-order valence-corrected chi connectivity index (χ1v) is 7.03. The van der Waals surface area contributed by atoms with Crippen LogP contribution in [0.2, 0.25) is 5.15 Å². The molecule has 0 aromatic carbocycles. The van der Waals surface area contributed by atoms with Crippen molar-refractivity contribution in [2.45, 2.75) is 38.6 Å². The predicted octanol–water partition coefficient (Wildman–Crippen LogP) is 3.05. The maximum atomic E-state index is 12.5. The van der Waals surface area contributed by atoms with E-state index >= 15 is 0 Å². The van der Waals surface area contributed by atoms with E-state index < -0.39 is 4.92 Å².